The lowest BCUT2D eigenvalue weighted by Crippen LogP contribution is -2.49. The molecule has 13 heavy (non-hydrogen) atoms. The van der Waals surface area contributed by atoms with E-state index in [-0.39, 0.29) is 0 Å². The van der Waals surface area contributed by atoms with Crippen molar-refractivity contribution >= 4 is 0 Å². The Morgan fingerprint density at radius 3 is 2.92 bits per heavy atom. The first kappa shape index (κ1) is 9.44. The highest BCUT2D eigenvalue weighted by atomic mass is 16.5. The Kier molecular flexibility index (Phi) is 3.19. The average molecular weight is 184 g/mol. The third-order valence-corrected chi connectivity index (χ3v) is 3.03. The summed E-state index contributed by atoms with van der Waals surface area (Å²) >= 11 is 0. The first-order chi connectivity index (χ1) is 6.34. The molecule has 2 rings (SSSR count). The molecular formula is C10H20N2O. The molecule has 2 heterocycles. The number of hydrogen-bond donors (Lipinski definition) is 1. The van der Waals surface area contributed by atoms with Gasteiger partial charge in [0.25, 0.3) is 0 Å². The minimum absolute atomic E-state index is 0.507. The molecule has 0 radical (unpaired) electrons. The average Bonchev–Trinajstić information content (AvgIpc) is 2.01. The van der Waals surface area contributed by atoms with Crippen LogP contribution in [0.3, 0.4) is 0 Å². The number of piperidine rings is 1. The van der Waals surface area contributed by atoms with Gasteiger partial charge in [0, 0.05) is 19.6 Å². The Bertz CT molecular complexity index is 159. The van der Waals surface area contributed by atoms with E-state index < -0.39 is 0 Å². The molecule has 0 spiro atoms. The van der Waals surface area contributed by atoms with Crippen LogP contribution < -0.4 is 5.32 Å². The van der Waals surface area contributed by atoms with Crippen molar-refractivity contribution in [1.82, 2.24) is 10.2 Å². The minimum atomic E-state index is 0.507. The Morgan fingerprint density at radius 1 is 1.46 bits per heavy atom. The standard InChI is InChI=1S/C10H20N2O/c1-12-4-2-3-9(7-12)8-13-10-5-11-6-10/h9-11H,2-8H2,1H3. The molecule has 1 N–H and O–H groups in total. The monoisotopic (exact) mass is 184 g/mol. The van der Waals surface area contributed by atoms with E-state index in [0.29, 0.717) is 6.10 Å². The van der Waals surface area contributed by atoms with Crippen LogP contribution in [0.4, 0.5) is 0 Å². The van der Waals surface area contributed by atoms with E-state index in [1.807, 2.05) is 0 Å². The van der Waals surface area contributed by atoms with Gasteiger partial charge >= 0.3 is 0 Å². The summed E-state index contributed by atoms with van der Waals surface area (Å²) in [6, 6.07) is 0. The number of nitrogens with one attached hydrogen (secondary N) is 1. The van der Waals surface area contributed by atoms with Crippen LogP contribution in [0.5, 0.6) is 0 Å². The Hall–Kier alpha value is -0.120. The van der Waals surface area contributed by atoms with Crippen molar-refractivity contribution in [3.63, 3.8) is 0 Å². The number of rotatable bonds is 3. The molecule has 0 bridgehead atoms. The maximum atomic E-state index is 5.78. The highest BCUT2D eigenvalue weighted by Crippen LogP contribution is 2.16. The van der Waals surface area contributed by atoms with Gasteiger partial charge in [0.2, 0.25) is 0 Å². The Labute approximate surface area is 80.4 Å². The highest BCUT2D eigenvalue weighted by Gasteiger charge is 2.21. The van der Waals surface area contributed by atoms with Gasteiger partial charge in [-0.15, -0.1) is 0 Å². The molecule has 0 aromatic heterocycles. The Morgan fingerprint density at radius 2 is 2.31 bits per heavy atom. The van der Waals surface area contributed by atoms with Crippen molar-refractivity contribution < 1.29 is 4.74 Å². The lowest BCUT2D eigenvalue weighted by atomic mass is 9.99. The molecule has 0 saturated carbocycles. The second-order valence-electron chi connectivity index (χ2n) is 4.38. The molecule has 0 aromatic carbocycles. The topological polar surface area (TPSA) is 24.5 Å². The van der Waals surface area contributed by atoms with E-state index in [4.69, 9.17) is 4.74 Å². The Balaban J connectivity index is 1.62. The summed E-state index contributed by atoms with van der Waals surface area (Å²) < 4.78 is 5.78. The van der Waals surface area contributed by atoms with E-state index in [0.717, 1.165) is 25.6 Å². The molecule has 0 amide bonds. The maximum absolute atomic E-state index is 5.78. The molecule has 2 saturated heterocycles. The fourth-order valence-electron chi connectivity index (χ4n) is 2.06. The van der Waals surface area contributed by atoms with Crippen LogP contribution in [0.25, 0.3) is 0 Å². The van der Waals surface area contributed by atoms with Crippen molar-refractivity contribution in [3.8, 4) is 0 Å². The zero-order chi connectivity index (χ0) is 9.10. The third kappa shape index (κ3) is 2.66. The predicted octanol–water partition coefficient (Wildman–Crippen LogP) is 0.317. The van der Waals surface area contributed by atoms with Crippen LogP contribution >= 0.6 is 0 Å². The lowest BCUT2D eigenvalue weighted by molar-refractivity contribution is -0.0129. The summed E-state index contributed by atoms with van der Waals surface area (Å²) in [5.41, 5.74) is 0. The van der Waals surface area contributed by atoms with Crippen LogP contribution in [0, 0.1) is 5.92 Å². The van der Waals surface area contributed by atoms with Crippen molar-refractivity contribution in [1.29, 1.82) is 0 Å². The van der Waals surface area contributed by atoms with Crippen molar-refractivity contribution in [2.75, 3.05) is 39.8 Å². The predicted molar refractivity (Wildman–Crippen MR) is 52.8 cm³/mol. The smallest absolute Gasteiger partial charge is 0.0823 e. The fraction of sp³-hybridized carbons (Fsp3) is 1.00. The van der Waals surface area contributed by atoms with Gasteiger partial charge in [-0.2, -0.15) is 0 Å². The molecule has 0 aromatic rings. The first-order valence-electron chi connectivity index (χ1n) is 5.35. The third-order valence-electron chi connectivity index (χ3n) is 3.03. The van der Waals surface area contributed by atoms with E-state index >= 15 is 0 Å². The van der Waals surface area contributed by atoms with Crippen LogP contribution in [0.15, 0.2) is 0 Å². The normalized spacial score (nSPS) is 31.6. The summed E-state index contributed by atoms with van der Waals surface area (Å²) in [5, 5.41) is 3.22. The molecule has 76 valence electrons. The zero-order valence-corrected chi connectivity index (χ0v) is 8.46. The summed E-state index contributed by atoms with van der Waals surface area (Å²) in [6.07, 6.45) is 3.20. The molecule has 2 aliphatic heterocycles. The lowest BCUT2D eigenvalue weighted by Gasteiger charge is -2.33. The summed E-state index contributed by atoms with van der Waals surface area (Å²) in [6.45, 7) is 5.57. The van der Waals surface area contributed by atoms with Gasteiger partial charge in [0.1, 0.15) is 0 Å². The van der Waals surface area contributed by atoms with Crippen molar-refractivity contribution in [3.05, 3.63) is 0 Å². The molecule has 0 aliphatic carbocycles. The number of hydrogen-bond acceptors (Lipinski definition) is 3. The van der Waals surface area contributed by atoms with Gasteiger partial charge in [-0.1, -0.05) is 0 Å². The van der Waals surface area contributed by atoms with E-state index in [1.165, 1.54) is 25.9 Å². The quantitative estimate of drug-likeness (QED) is 0.683. The SMILES string of the molecule is CN1CCCC(COC2CNC2)C1. The summed E-state index contributed by atoms with van der Waals surface area (Å²) in [5.74, 6) is 0.777. The number of ether oxygens (including phenoxy) is 1. The van der Waals surface area contributed by atoms with Crippen LogP contribution in [0.1, 0.15) is 12.8 Å². The molecule has 3 heteroatoms. The largest absolute Gasteiger partial charge is 0.375 e. The zero-order valence-electron chi connectivity index (χ0n) is 8.46. The van der Waals surface area contributed by atoms with Gasteiger partial charge in [-0.25, -0.2) is 0 Å². The molecule has 1 atom stereocenters. The van der Waals surface area contributed by atoms with Crippen LogP contribution in [0.2, 0.25) is 0 Å². The summed E-state index contributed by atoms with van der Waals surface area (Å²) in [7, 11) is 2.21. The van der Waals surface area contributed by atoms with Gasteiger partial charge < -0.3 is 15.0 Å². The van der Waals surface area contributed by atoms with Gasteiger partial charge in [-0.05, 0) is 32.4 Å². The van der Waals surface area contributed by atoms with E-state index in [9.17, 15) is 0 Å². The molecule has 2 fully saturated rings. The van der Waals surface area contributed by atoms with Crippen molar-refractivity contribution in [2.45, 2.75) is 18.9 Å². The van der Waals surface area contributed by atoms with Crippen molar-refractivity contribution in [2.24, 2.45) is 5.92 Å². The fourth-order valence-corrected chi connectivity index (χ4v) is 2.06. The molecular weight excluding hydrogens is 164 g/mol. The minimum Gasteiger partial charge on any atom is -0.375 e. The molecule has 2 aliphatic rings. The van der Waals surface area contributed by atoms with E-state index in [1.54, 1.807) is 0 Å². The van der Waals surface area contributed by atoms with Gasteiger partial charge in [-0.3, -0.25) is 0 Å². The van der Waals surface area contributed by atoms with E-state index in [2.05, 4.69) is 17.3 Å². The number of nitrogens with zero attached hydrogens (tertiary/aromatic N) is 1. The number of likely N-dealkylation sites (tertiary alicyclic amines) is 1. The van der Waals surface area contributed by atoms with Gasteiger partial charge in [0.15, 0.2) is 0 Å². The van der Waals surface area contributed by atoms with Crippen LogP contribution in [-0.4, -0.2) is 50.8 Å². The second-order valence-corrected chi connectivity index (χ2v) is 4.38. The first-order valence-corrected chi connectivity index (χ1v) is 5.35. The summed E-state index contributed by atoms with van der Waals surface area (Å²) in [4.78, 5) is 2.41. The van der Waals surface area contributed by atoms with Crippen LogP contribution in [-0.2, 0) is 4.74 Å². The molecule has 3 nitrogen and oxygen atoms in total. The molecule has 1 unspecified atom stereocenters. The highest BCUT2D eigenvalue weighted by molar-refractivity contribution is 4.76. The van der Waals surface area contributed by atoms with Gasteiger partial charge in [0.05, 0.1) is 12.7 Å². The second kappa shape index (κ2) is 4.40. The maximum Gasteiger partial charge on any atom is 0.0823 e.